The molecular weight excluding hydrogens is 286 g/mol. The number of hydrogen-bond donors (Lipinski definition) is 0. The lowest BCUT2D eigenvalue weighted by Gasteiger charge is -2.41. The van der Waals surface area contributed by atoms with Gasteiger partial charge in [0.05, 0.1) is 0 Å². The van der Waals surface area contributed by atoms with E-state index in [1.165, 1.54) is 0 Å². The van der Waals surface area contributed by atoms with Gasteiger partial charge in [-0.05, 0) is 32.7 Å². The van der Waals surface area contributed by atoms with Crippen LogP contribution in [0.1, 0.15) is 19.8 Å². The van der Waals surface area contributed by atoms with Gasteiger partial charge in [-0.25, -0.2) is 0 Å². The van der Waals surface area contributed by atoms with Crippen molar-refractivity contribution in [1.29, 1.82) is 0 Å². The summed E-state index contributed by atoms with van der Waals surface area (Å²) in [6, 6.07) is 0.0505. The van der Waals surface area contributed by atoms with Gasteiger partial charge in [0.2, 0.25) is 0 Å². The van der Waals surface area contributed by atoms with Crippen LogP contribution in [0, 0.1) is 5.92 Å². The fraction of sp³-hybridized carbons (Fsp3) is 1.00. The summed E-state index contributed by atoms with van der Waals surface area (Å²) in [6.45, 7) is 5.41. The van der Waals surface area contributed by atoms with Crippen LogP contribution in [-0.4, -0.2) is 73.6 Å². The Hall–Kier alpha value is 0.120. The highest BCUT2D eigenvalue weighted by Gasteiger charge is 2.37. The van der Waals surface area contributed by atoms with Gasteiger partial charge in [0.25, 0.3) is 10.2 Å². The van der Waals surface area contributed by atoms with Crippen molar-refractivity contribution in [2.24, 2.45) is 5.92 Å². The average molecular weight is 310 g/mol. The molecular formula is C12H24ClN3O2S. The van der Waals surface area contributed by atoms with Crippen LogP contribution >= 0.6 is 11.6 Å². The van der Waals surface area contributed by atoms with E-state index in [1.807, 2.05) is 14.0 Å². The lowest BCUT2D eigenvalue weighted by molar-refractivity contribution is 0.157. The number of piperidine rings is 1. The van der Waals surface area contributed by atoms with Gasteiger partial charge in [0.1, 0.15) is 0 Å². The van der Waals surface area contributed by atoms with E-state index in [2.05, 4.69) is 4.90 Å². The van der Waals surface area contributed by atoms with E-state index >= 15 is 0 Å². The molecule has 5 nitrogen and oxygen atoms in total. The van der Waals surface area contributed by atoms with Crippen LogP contribution < -0.4 is 0 Å². The monoisotopic (exact) mass is 309 g/mol. The summed E-state index contributed by atoms with van der Waals surface area (Å²) < 4.78 is 28.6. The van der Waals surface area contributed by atoms with Crippen molar-refractivity contribution < 1.29 is 8.42 Å². The molecule has 0 radical (unpaired) electrons. The molecule has 2 saturated heterocycles. The summed E-state index contributed by atoms with van der Waals surface area (Å²) in [7, 11) is -1.26. The standard InChI is InChI=1S/C12H24ClN3O2S/c1-11-10-14(2)7-8-16(11)19(17,18)15-5-3-12(9-13)4-6-15/h11-12H,3-10H2,1-2H3. The zero-order valence-electron chi connectivity index (χ0n) is 11.8. The van der Waals surface area contributed by atoms with E-state index in [9.17, 15) is 8.42 Å². The van der Waals surface area contributed by atoms with E-state index in [-0.39, 0.29) is 6.04 Å². The Morgan fingerprint density at radius 2 is 1.79 bits per heavy atom. The topological polar surface area (TPSA) is 43.9 Å². The van der Waals surface area contributed by atoms with Crippen LogP contribution in [-0.2, 0) is 10.2 Å². The lowest BCUT2D eigenvalue weighted by Crippen LogP contribution is -2.57. The second-order valence-corrected chi connectivity index (χ2v) is 7.92. The Kier molecular flexibility index (Phi) is 5.11. The molecule has 19 heavy (non-hydrogen) atoms. The van der Waals surface area contributed by atoms with Crippen molar-refractivity contribution in [3.63, 3.8) is 0 Å². The van der Waals surface area contributed by atoms with Gasteiger partial charge in [-0.15, -0.1) is 11.6 Å². The molecule has 7 heteroatoms. The number of likely N-dealkylation sites (N-methyl/N-ethyl adjacent to an activating group) is 1. The molecule has 1 unspecified atom stereocenters. The van der Waals surface area contributed by atoms with Crippen LogP contribution in [0.2, 0.25) is 0 Å². The van der Waals surface area contributed by atoms with Gasteiger partial charge < -0.3 is 4.90 Å². The molecule has 0 amide bonds. The Labute approximate surface area is 121 Å². The smallest absolute Gasteiger partial charge is 0.282 e. The van der Waals surface area contributed by atoms with Gasteiger partial charge in [-0.1, -0.05) is 0 Å². The quantitative estimate of drug-likeness (QED) is 0.725. The first-order valence-corrected chi connectivity index (χ1v) is 8.89. The van der Waals surface area contributed by atoms with Gasteiger partial charge >= 0.3 is 0 Å². The third-order valence-corrected chi connectivity index (χ3v) is 6.77. The Morgan fingerprint density at radius 3 is 2.32 bits per heavy atom. The third-order valence-electron chi connectivity index (χ3n) is 4.18. The maximum atomic E-state index is 12.7. The van der Waals surface area contributed by atoms with Crippen LogP contribution in [0.15, 0.2) is 0 Å². The molecule has 0 saturated carbocycles. The average Bonchev–Trinajstić information content (AvgIpc) is 2.38. The third kappa shape index (κ3) is 3.42. The minimum atomic E-state index is -3.29. The van der Waals surface area contributed by atoms with E-state index in [0.717, 1.165) is 25.9 Å². The van der Waals surface area contributed by atoms with E-state index < -0.39 is 10.2 Å². The Morgan fingerprint density at radius 1 is 1.16 bits per heavy atom. The maximum absolute atomic E-state index is 12.7. The molecule has 0 N–H and O–H groups in total. The first-order valence-electron chi connectivity index (χ1n) is 6.96. The Bertz CT molecular complexity index is 396. The highest BCUT2D eigenvalue weighted by Crippen LogP contribution is 2.24. The molecule has 0 bridgehead atoms. The van der Waals surface area contributed by atoms with E-state index in [0.29, 0.717) is 31.4 Å². The molecule has 2 aliphatic heterocycles. The van der Waals surface area contributed by atoms with E-state index in [1.54, 1.807) is 8.61 Å². The highest BCUT2D eigenvalue weighted by atomic mass is 35.5. The zero-order chi connectivity index (χ0) is 14.0. The van der Waals surface area contributed by atoms with Crippen molar-refractivity contribution >= 4 is 21.8 Å². The van der Waals surface area contributed by atoms with Gasteiger partial charge in [0, 0.05) is 44.6 Å². The molecule has 0 aromatic heterocycles. The van der Waals surface area contributed by atoms with Crippen molar-refractivity contribution in [2.75, 3.05) is 45.7 Å². The number of nitrogens with zero attached hydrogens (tertiary/aromatic N) is 3. The molecule has 1 atom stereocenters. The fourth-order valence-electron chi connectivity index (χ4n) is 2.91. The highest BCUT2D eigenvalue weighted by molar-refractivity contribution is 7.86. The number of piperazine rings is 1. The SMILES string of the molecule is CC1CN(C)CCN1S(=O)(=O)N1CCC(CCl)CC1. The van der Waals surface area contributed by atoms with Gasteiger partial charge in [-0.3, -0.25) is 0 Å². The molecule has 2 heterocycles. The summed E-state index contributed by atoms with van der Waals surface area (Å²) >= 11 is 5.85. The van der Waals surface area contributed by atoms with Gasteiger partial charge in [0.15, 0.2) is 0 Å². The molecule has 0 spiro atoms. The van der Waals surface area contributed by atoms with Crippen molar-refractivity contribution in [2.45, 2.75) is 25.8 Å². The second kappa shape index (κ2) is 6.26. The molecule has 112 valence electrons. The number of alkyl halides is 1. The number of halogens is 1. The normalized spacial score (nSPS) is 29.7. The molecule has 0 aromatic rings. The van der Waals surface area contributed by atoms with Crippen LogP contribution in [0.3, 0.4) is 0 Å². The molecule has 0 aliphatic carbocycles. The molecule has 0 aromatic carbocycles. The first kappa shape index (κ1) is 15.5. The summed E-state index contributed by atoms with van der Waals surface area (Å²) in [5, 5.41) is 0. The summed E-state index contributed by atoms with van der Waals surface area (Å²) in [6.07, 6.45) is 1.76. The summed E-state index contributed by atoms with van der Waals surface area (Å²) in [5.41, 5.74) is 0. The summed E-state index contributed by atoms with van der Waals surface area (Å²) in [5.74, 6) is 1.11. The van der Waals surface area contributed by atoms with Crippen LogP contribution in [0.25, 0.3) is 0 Å². The lowest BCUT2D eigenvalue weighted by atomic mass is 10.0. The predicted octanol–water partition coefficient (Wildman–Crippen LogP) is 0.818. The second-order valence-electron chi connectivity index (χ2n) is 5.73. The largest absolute Gasteiger partial charge is 0.303 e. The van der Waals surface area contributed by atoms with Gasteiger partial charge in [-0.2, -0.15) is 17.0 Å². The van der Waals surface area contributed by atoms with Crippen molar-refractivity contribution in [3.05, 3.63) is 0 Å². The van der Waals surface area contributed by atoms with Crippen molar-refractivity contribution in [1.82, 2.24) is 13.5 Å². The number of rotatable bonds is 3. The Balaban J connectivity index is 2.02. The van der Waals surface area contributed by atoms with E-state index in [4.69, 9.17) is 11.6 Å². The van der Waals surface area contributed by atoms with Crippen molar-refractivity contribution in [3.8, 4) is 0 Å². The van der Waals surface area contributed by atoms with Crippen LogP contribution in [0.5, 0.6) is 0 Å². The van der Waals surface area contributed by atoms with Crippen LogP contribution in [0.4, 0.5) is 0 Å². The first-order chi connectivity index (χ1) is 8.95. The molecule has 2 rings (SSSR count). The zero-order valence-corrected chi connectivity index (χ0v) is 13.3. The maximum Gasteiger partial charge on any atom is 0.282 e. The number of hydrogen-bond acceptors (Lipinski definition) is 3. The summed E-state index contributed by atoms with van der Waals surface area (Å²) in [4.78, 5) is 2.18. The molecule has 2 fully saturated rings. The minimum Gasteiger partial charge on any atom is -0.303 e. The minimum absolute atomic E-state index is 0.0505. The predicted molar refractivity (Wildman–Crippen MR) is 77.6 cm³/mol. The fourth-order valence-corrected chi connectivity index (χ4v) is 5.02. The molecule has 2 aliphatic rings.